The minimum absolute atomic E-state index is 0.0568. The molecule has 0 atom stereocenters. The number of aromatic nitrogens is 2. The maximum absolute atomic E-state index is 11.9. The molecule has 0 spiro atoms. The maximum atomic E-state index is 11.9. The average Bonchev–Trinajstić information content (AvgIpc) is 2.60. The lowest BCUT2D eigenvalue weighted by atomic mass is 10.1. The van der Waals surface area contributed by atoms with E-state index in [2.05, 4.69) is 27.5 Å². The molecule has 118 valence electrons. The molecule has 6 heteroatoms. The van der Waals surface area contributed by atoms with Crippen LogP contribution in [0, 0.1) is 11.3 Å². The van der Waals surface area contributed by atoms with Crippen LogP contribution in [0.5, 0.6) is 0 Å². The highest BCUT2D eigenvalue weighted by Crippen LogP contribution is 2.10. The first-order chi connectivity index (χ1) is 11.2. The van der Waals surface area contributed by atoms with Gasteiger partial charge in [-0.2, -0.15) is 5.26 Å². The second kappa shape index (κ2) is 8.49. The molecule has 0 fully saturated rings. The Labute approximate surface area is 135 Å². The van der Waals surface area contributed by atoms with Gasteiger partial charge in [0.25, 0.3) is 5.91 Å². The van der Waals surface area contributed by atoms with Crippen LogP contribution in [0.2, 0.25) is 0 Å². The molecular weight excluding hydrogens is 290 g/mol. The number of nitriles is 1. The number of nitrogens with one attached hydrogen (secondary N) is 2. The number of carbonyl (C=O) groups is 1. The van der Waals surface area contributed by atoms with Crippen LogP contribution in [-0.2, 0) is 6.54 Å². The van der Waals surface area contributed by atoms with Crippen LogP contribution in [0.25, 0.3) is 0 Å². The highest BCUT2D eigenvalue weighted by Gasteiger charge is 2.06. The van der Waals surface area contributed by atoms with Gasteiger partial charge >= 0.3 is 0 Å². The molecule has 2 aromatic rings. The van der Waals surface area contributed by atoms with E-state index in [1.165, 1.54) is 12.4 Å². The summed E-state index contributed by atoms with van der Waals surface area (Å²) >= 11 is 0. The highest BCUT2D eigenvalue weighted by atomic mass is 16.1. The fourth-order valence-corrected chi connectivity index (χ4v) is 1.99. The molecule has 1 amide bonds. The number of unbranched alkanes of at least 4 members (excludes halogenated alkanes) is 1. The highest BCUT2D eigenvalue weighted by molar-refractivity contribution is 5.94. The summed E-state index contributed by atoms with van der Waals surface area (Å²) in [6, 6.07) is 9.33. The maximum Gasteiger partial charge on any atom is 0.251 e. The van der Waals surface area contributed by atoms with Crippen molar-refractivity contribution in [1.82, 2.24) is 15.3 Å². The number of hydrogen-bond donors (Lipinski definition) is 2. The fourth-order valence-electron chi connectivity index (χ4n) is 1.99. The lowest BCUT2D eigenvalue weighted by molar-refractivity contribution is 0.0953. The van der Waals surface area contributed by atoms with Crippen LogP contribution in [0.3, 0.4) is 0 Å². The van der Waals surface area contributed by atoms with E-state index in [0.717, 1.165) is 18.4 Å². The van der Waals surface area contributed by atoms with Crippen molar-refractivity contribution in [2.24, 2.45) is 0 Å². The molecule has 0 saturated heterocycles. The standard InChI is InChI=1S/C17H19N5O/c1-2-3-8-21-17(23)14-6-4-13(5-7-14)12-22-16-15(11-18)19-9-10-20-16/h4-7,9-10H,2-3,8,12H2,1H3,(H,20,22)(H,21,23). The zero-order valence-electron chi connectivity index (χ0n) is 13.0. The van der Waals surface area contributed by atoms with E-state index >= 15 is 0 Å². The zero-order chi connectivity index (χ0) is 16.5. The third-order valence-corrected chi connectivity index (χ3v) is 3.30. The zero-order valence-corrected chi connectivity index (χ0v) is 13.0. The Morgan fingerprint density at radius 2 is 1.96 bits per heavy atom. The molecule has 0 radical (unpaired) electrons. The van der Waals surface area contributed by atoms with Gasteiger partial charge < -0.3 is 10.6 Å². The van der Waals surface area contributed by atoms with Crippen molar-refractivity contribution >= 4 is 11.7 Å². The van der Waals surface area contributed by atoms with E-state index in [4.69, 9.17) is 5.26 Å². The molecule has 0 saturated carbocycles. The number of carbonyl (C=O) groups excluding carboxylic acids is 1. The minimum atomic E-state index is -0.0568. The van der Waals surface area contributed by atoms with Gasteiger partial charge in [-0.15, -0.1) is 0 Å². The summed E-state index contributed by atoms with van der Waals surface area (Å²) in [6.45, 7) is 3.29. The van der Waals surface area contributed by atoms with Crippen LogP contribution in [0.1, 0.15) is 41.4 Å². The predicted molar refractivity (Wildman–Crippen MR) is 87.8 cm³/mol. The number of amides is 1. The predicted octanol–water partition coefficient (Wildman–Crippen LogP) is 2.49. The first-order valence-electron chi connectivity index (χ1n) is 7.56. The van der Waals surface area contributed by atoms with Crippen molar-refractivity contribution < 1.29 is 4.79 Å². The monoisotopic (exact) mass is 309 g/mol. The lowest BCUT2D eigenvalue weighted by Gasteiger charge is -2.08. The number of rotatable bonds is 7. The fraction of sp³-hybridized carbons (Fsp3) is 0.294. The largest absolute Gasteiger partial charge is 0.364 e. The molecule has 6 nitrogen and oxygen atoms in total. The molecule has 0 aliphatic rings. The van der Waals surface area contributed by atoms with E-state index in [1.807, 2.05) is 18.2 Å². The Hall–Kier alpha value is -2.94. The van der Waals surface area contributed by atoms with Gasteiger partial charge in [0.05, 0.1) is 0 Å². The van der Waals surface area contributed by atoms with Crippen molar-refractivity contribution in [2.75, 3.05) is 11.9 Å². The summed E-state index contributed by atoms with van der Waals surface area (Å²) in [4.78, 5) is 19.9. The van der Waals surface area contributed by atoms with Gasteiger partial charge in [-0.25, -0.2) is 9.97 Å². The van der Waals surface area contributed by atoms with Crippen molar-refractivity contribution in [3.63, 3.8) is 0 Å². The summed E-state index contributed by atoms with van der Waals surface area (Å²) in [5, 5.41) is 14.9. The second-order valence-electron chi connectivity index (χ2n) is 5.03. The lowest BCUT2D eigenvalue weighted by Crippen LogP contribution is -2.24. The topological polar surface area (TPSA) is 90.7 Å². The second-order valence-corrected chi connectivity index (χ2v) is 5.03. The molecule has 2 rings (SSSR count). The van der Waals surface area contributed by atoms with E-state index in [1.54, 1.807) is 12.1 Å². The van der Waals surface area contributed by atoms with E-state index in [0.29, 0.717) is 24.5 Å². The Bertz CT molecular complexity index is 691. The number of nitrogens with zero attached hydrogens (tertiary/aromatic N) is 3. The van der Waals surface area contributed by atoms with Crippen LogP contribution in [-0.4, -0.2) is 22.4 Å². The van der Waals surface area contributed by atoms with Gasteiger partial charge in [-0.3, -0.25) is 4.79 Å². The van der Waals surface area contributed by atoms with Crippen LogP contribution in [0.4, 0.5) is 5.82 Å². The van der Waals surface area contributed by atoms with Gasteiger partial charge in [0.15, 0.2) is 11.5 Å². The summed E-state index contributed by atoms with van der Waals surface area (Å²) in [5.74, 6) is 0.398. The Balaban J connectivity index is 1.92. The van der Waals surface area contributed by atoms with E-state index in [-0.39, 0.29) is 11.6 Å². The van der Waals surface area contributed by atoms with Crippen molar-refractivity contribution in [1.29, 1.82) is 5.26 Å². The first kappa shape index (κ1) is 16.4. The molecule has 0 aliphatic carbocycles. The molecule has 1 heterocycles. The summed E-state index contributed by atoms with van der Waals surface area (Å²) < 4.78 is 0. The summed E-state index contributed by atoms with van der Waals surface area (Å²) in [5.41, 5.74) is 1.89. The molecule has 0 unspecified atom stereocenters. The number of benzene rings is 1. The first-order valence-corrected chi connectivity index (χ1v) is 7.56. The third-order valence-electron chi connectivity index (χ3n) is 3.30. The normalized spacial score (nSPS) is 9.91. The number of anilines is 1. The third kappa shape index (κ3) is 4.78. The SMILES string of the molecule is CCCCNC(=O)c1ccc(CNc2nccnc2C#N)cc1. The van der Waals surface area contributed by atoms with Crippen molar-refractivity contribution in [2.45, 2.75) is 26.3 Å². The molecular formula is C17H19N5O. The van der Waals surface area contributed by atoms with Gasteiger partial charge in [-0.05, 0) is 24.1 Å². The van der Waals surface area contributed by atoms with Crippen molar-refractivity contribution in [3.8, 4) is 6.07 Å². The summed E-state index contributed by atoms with van der Waals surface area (Å²) in [6.07, 6.45) is 5.05. The Morgan fingerprint density at radius 1 is 1.22 bits per heavy atom. The van der Waals surface area contributed by atoms with Gasteiger partial charge in [0, 0.05) is 31.0 Å². The Kier molecular flexibility index (Phi) is 6.07. The smallest absolute Gasteiger partial charge is 0.251 e. The summed E-state index contributed by atoms with van der Waals surface area (Å²) in [7, 11) is 0. The minimum Gasteiger partial charge on any atom is -0.364 e. The van der Waals surface area contributed by atoms with Crippen LogP contribution < -0.4 is 10.6 Å². The van der Waals surface area contributed by atoms with Crippen LogP contribution in [0.15, 0.2) is 36.7 Å². The average molecular weight is 309 g/mol. The quantitative estimate of drug-likeness (QED) is 0.767. The molecule has 23 heavy (non-hydrogen) atoms. The molecule has 1 aromatic heterocycles. The molecule has 1 aromatic carbocycles. The molecule has 0 bridgehead atoms. The Morgan fingerprint density at radius 3 is 2.65 bits per heavy atom. The van der Waals surface area contributed by atoms with Gasteiger partial charge in [-0.1, -0.05) is 25.5 Å². The molecule has 2 N–H and O–H groups in total. The van der Waals surface area contributed by atoms with Crippen molar-refractivity contribution in [3.05, 3.63) is 53.5 Å². The van der Waals surface area contributed by atoms with Gasteiger partial charge in [0.1, 0.15) is 6.07 Å². The number of hydrogen-bond acceptors (Lipinski definition) is 5. The molecule has 0 aliphatic heterocycles. The van der Waals surface area contributed by atoms with E-state index < -0.39 is 0 Å². The van der Waals surface area contributed by atoms with E-state index in [9.17, 15) is 4.79 Å². The van der Waals surface area contributed by atoms with Gasteiger partial charge in [0.2, 0.25) is 0 Å². The van der Waals surface area contributed by atoms with Crippen LogP contribution >= 0.6 is 0 Å².